The van der Waals surface area contributed by atoms with Gasteiger partial charge in [-0.15, -0.1) is 0 Å². The normalized spacial score (nSPS) is 12.6. The molecule has 0 bridgehead atoms. The van der Waals surface area contributed by atoms with Gasteiger partial charge in [-0.1, -0.05) is 12.8 Å². The van der Waals surface area contributed by atoms with Crippen molar-refractivity contribution in [1.29, 1.82) is 0 Å². The average Bonchev–Trinajstić information content (AvgIpc) is 0.935. The number of alkyl carbamates (subject to hydrolysis) is 1. The number of amides is 1. The molecule has 0 saturated heterocycles. The highest BCUT2D eigenvalue weighted by Gasteiger charge is 2.22. The predicted octanol–water partition coefficient (Wildman–Crippen LogP) is 1.86. The quantitative estimate of drug-likeness (QED) is 0.0386. The number of ether oxygens (including phenoxy) is 1. The highest BCUT2D eigenvalue weighted by atomic mass is 16.6. The van der Waals surface area contributed by atoms with Gasteiger partial charge in [-0.25, -0.2) is 4.79 Å². The maximum Gasteiger partial charge on any atom is 0.407 e. The zero-order valence-electron chi connectivity index (χ0n) is 87.7. The summed E-state index contributed by atoms with van der Waals surface area (Å²) in [6.45, 7) is 64.2. The van der Waals surface area contributed by atoms with Crippen LogP contribution < -0.4 is 97.1 Å². The molecule has 33 N–H and O–H groups in total. The summed E-state index contributed by atoms with van der Waals surface area (Å²) in [6.07, 6.45) is 33.1. The SMILES string of the molecule is CC(C)(C)OC(=O)NCCCCCCN(CCN(CCCN(CCCN(CCCN)CCCN)CCCN(CCCN)CCCN)CCCN(CCCN(CCCN)CCCN)CCCN(CCCN)CCCN)CCN(CCCN(CCCN(CCCN)CCCN)CCCN(CCCN)CCCN)CCCN(CCCN(CCCN)CCCN)CCCN(CCCN)CCCN. The Bertz CT molecular complexity index is 1900. The molecule has 0 fully saturated rings. The number of carbonyl (C=O) groups excluding carboxylic acids is 1. The minimum Gasteiger partial charge on any atom is -0.444 e. The lowest BCUT2D eigenvalue weighted by Gasteiger charge is -2.33. The molecule has 0 radical (unpaired) electrons. The van der Waals surface area contributed by atoms with Gasteiger partial charge in [0, 0.05) is 32.7 Å². The standard InChI is InChI=1S/C99H230N32O2/c1-99(2,3)133-98(132)116-52-6-4-5-7-53-131(96-94-129(90-32-86-125(78-24-70-117(54-8-36-100)55-9-37-101)79-25-71-118(56-10-38-102)57-11-39-103)91-33-87-126(80-26-72-119(58-12-40-104)59-13-41-105)81-27-73-120(60-14-42-106)61-15-43-107)97-95-130(92-34-88-127(82-28-74-121(62-16-44-108)63-17-45-109)83-29-75-122(64-18-46-110)65-19-47-111)93-35-89-128(84-30-76-123(66-20-48-112)67-21-49-113)85-31-77-124(68-22-50-114)69-23-51-115/h4-97,100-115H2,1-3H3,(H,116,132). The first kappa shape index (κ1) is 131. The van der Waals surface area contributed by atoms with E-state index in [4.69, 9.17) is 96.5 Å². The highest BCUT2D eigenvalue weighted by Crippen LogP contribution is 2.15. The van der Waals surface area contributed by atoms with E-state index in [-0.39, 0.29) is 6.09 Å². The molecule has 0 saturated carbocycles. The van der Waals surface area contributed by atoms with Gasteiger partial charge in [0.05, 0.1) is 0 Å². The van der Waals surface area contributed by atoms with Crippen molar-refractivity contribution in [2.75, 3.05) is 406 Å². The lowest BCUT2D eigenvalue weighted by Crippen LogP contribution is -2.43. The van der Waals surface area contributed by atoms with E-state index in [2.05, 4.69) is 78.8 Å². The fourth-order valence-electron chi connectivity index (χ4n) is 18.2. The van der Waals surface area contributed by atoms with Gasteiger partial charge in [0.1, 0.15) is 5.60 Å². The lowest BCUT2D eigenvalue weighted by molar-refractivity contribution is 0.0526. The second kappa shape index (κ2) is 98.8. The summed E-state index contributed by atoms with van der Waals surface area (Å²) >= 11 is 0. The predicted molar refractivity (Wildman–Crippen MR) is 573 cm³/mol. The van der Waals surface area contributed by atoms with Crippen molar-refractivity contribution in [3.8, 4) is 0 Å². The van der Waals surface area contributed by atoms with Gasteiger partial charge in [0.2, 0.25) is 0 Å². The first-order chi connectivity index (χ1) is 64.9. The molecule has 0 spiro atoms. The molecule has 0 rings (SSSR count). The van der Waals surface area contributed by atoms with Crippen LogP contribution in [0.3, 0.4) is 0 Å². The van der Waals surface area contributed by atoms with E-state index in [0.717, 1.165) is 500 Å². The third-order valence-corrected chi connectivity index (χ3v) is 25.8. The smallest absolute Gasteiger partial charge is 0.407 e. The lowest BCUT2D eigenvalue weighted by atomic mass is 10.2. The van der Waals surface area contributed by atoms with Gasteiger partial charge in [-0.2, -0.15) is 0 Å². The van der Waals surface area contributed by atoms with E-state index < -0.39 is 5.60 Å². The molecule has 0 aliphatic heterocycles. The van der Waals surface area contributed by atoms with Gasteiger partial charge in [0.25, 0.3) is 0 Å². The third kappa shape index (κ3) is 84.3. The Morgan fingerprint density at radius 2 is 0.263 bits per heavy atom. The second-order valence-corrected chi connectivity index (χ2v) is 39.0. The van der Waals surface area contributed by atoms with Gasteiger partial charge in [-0.05, 0) is 586 Å². The van der Waals surface area contributed by atoms with E-state index in [0.29, 0.717) is 111 Å². The number of nitrogens with two attached hydrogens (primary N) is 16. The molecule has 0 aliphatic rings. The summed E-state index contributed by atoms with van der Waals surface area (Å²) in [6, 6.07) is 0. The first-order valence-corrected chi connectivity index (χ1v) is 55.0. The van der Waals surface area contributed by atoms with E-state index >= 15 is 0 Å². The molecule has 0 aromatic heterocycles. The molecule has 1 amide bonds. The summed E-state index contributed by atoms with van der Waals surface area (Å²) in [5.74, 6) is 0. The number of nitrogens with zero attached hydrogens (tertiary/aromatic N) is 15. The zero-order chi connectivity index (χ0) is 97.6. The number of hydrogen-bond donors (Lipinski definition) is 17. The molecule has 34 heteroatoms. The largest absolute Gasteiger partial charge is 0.444 e. The van der Waals surface area contributed by atoms with E-state index in [1.165, 1.54) is 0 Å². The van der Waals surface area contributed by atoms with Crippen LogP contribution in [0.4, 0.5) is 4.79 Å². The number of hydrogen-bond acceptors (Lipinski definition) is 33. The van der Waals surface area contributed by atoms with Crippen LogP contribution in [-0.2, 0) is 4.74 Å². The van der Waals surface area contributed by atoms with Gasteiger partial charge in [-0.3, -0.25) is 0 Å². The van der Waals surface area contributed by atoms with E-state index in [1.54, 1.807) is 0 Å². The van der Waals surface area contributed by atoms with Crippen LogP contribution in [0.2, 0.25) is 0 Å². The number of nitrogens with one attached hydrogen (secondary N) is 1. The topological polar surface area (TPSA) is 503 Å². The van der Waals surface area contributed by atoms with Crippen molar-refractivity contribution >= 4 is 6.09 Å². The zero-order valence-corrected chi connectivity index (χ0v) is 87.7. The molecule has 0 aliphatic carbocycles. The molecule has 133 heavy (non-hydrogen) atoms. The first-order valence-electron chi connectivity index (χ1n) is 55.0. The van der Waals surface area contributed by atoms with Crippen molar-refractivity contribution in [3.05, 3.63) is 0 Å². The molecular weight excluding hydrogens is 1670 g/mol. The average molecular weight is 1900 g/mol. The molecule has 0 heterocycles. The van der Waals surface area contributed by atoms with E-state index in [1.807, 2.05) is 20.8 Å². The Hall–Kier alpha value is -1.97. The van der Waals surface area contributed by atoms with Crippen molar-refractivity contribution in [3.63, 3.8) is 0 Å². The fourth-order valence-corrected chi connectivity index (χ4v) is 18.2. The van der Waals surface area contributed by atoms with Crippen molar-refractivity contribution in [2.24, 2.45) is 91.7 Å². The number of carbonyl (C=O) groups is 1. The molecule has 0 aromatic rings. The van der Waals surface area contributed by atoms with Crippen LogP contribution in [0.25, 0.3) is 0 Å². The Morgan fingerprint density at radius 3 is 0.391 bits per heavy atom. The van der Waals surface area contributed by atoms with E-state index in [9.17, 15) is 4.79 Å². The molecule has 0 atom stereocenters. The van der Waals surface area contributed by atoms with Crippen molar-refractivity contribution in [1.82, 2.24) is 78.8 Å². The summed E-state index contributed by atoms with van der Waals surface area (Å²) in [4.78, 5) is 53.4. The summed E-state index contributed by atoms with van der Waals surface area (Å²) in [7, 11) is 0. The summed E-state index contributed by atoms with van der Waals surface area (Å²) in [5.41, 5.74) is 97.5. The van der Waals surface area contributed by atoms with Crippen LogP contribution in [0.1, 0.15) is 226 Å². The summed E-state index contributed by atoms with van der Waals surface area (Å²) < 4.78 is 5.65. The van der Waals surface area contributed by atoms with Crippen LogP contribution in [0.15, 0.2) is 0 Å². The van der Waals surface area contributed by atoms with Gasteiger partial charge in [0.15, 0.2) is 0 Å². The van der Waals surface area contributed by atoms with Crippen molar-refractivity contribution < 1.29 is 9.53 Å². The van der Waals surface area contributed by atoms with Crippen molar-refractivity contribution in [2.45, 2.75) is 232 Å². The second-order valence-electron chi connectivity index (χ2n) is 39.0. The molecule has 34 nitrogen and oxygen atoms in total. The maximum absolute atomic E-state index is 12.8. The Kier molecular flexibility index (Phi) is 97.3. The fraction of sp³-hybridized carbons (Fsp3) is 0.990. The van der Waals surface area contributed by atoms with Crippen LogP contribution in [-0.4, -0.2) is 491 Å². The highest BCUT2D eigenvalue weighted by molar-refractivity contribution is 5.67. The minimum atomic E-state index is -0.545. The Balaban J connectivity index is 8.49. The van der Waals surface area contributed by atoms with Gasteiger partial charge >= 0.3 is 6.09 Å². The molecule has 0 unspecified atom stereocenters. The van der Waals surface area contributed by atoms with Crippen LogP contribution in [0.5, 0.6) is 0 Å². The Morgan fingerprint density at radius 1 is 0.158 bits per heavy atom. The molecule has 798 valence electrons. The molecule has 0 aromatic carbocycles. The third-order valence-electron chi connectivity index (χ3n) is 25.8. The molecular formula is C99H230N32O2. The number of rotatable bonds is 109. The summed E-state index contributed by atoms with van der Waals surface area (Å²) in [5, 5.41) is 3.05. The van der Waals surface area contributed by atoms with Crippen LogP contribution >= 0.6 is 0 Å². The Labute approximate surface area is 819 Å². The minimum absolute atomic E-state index is 0.343. The van der Waals surface area contributed by atoms with Gasteiger partial charge < -0.3 is 175 Å². The van der Waals surface area contributed by atoms with Crippen LogP contribution in [0, 0.1) is 0 Å². The maximum atomic E-state index is 12.8. The number of unbranched alkanes of at least 4 members (excludes halogenated alkanes) is 3. The monoisotopic (exact) mass is 1900 g/mol.